The Morgan fingerprint density at radius 1 is 1.08 bits per heavy atom. The number of hydrogen-bond donors (Lipinski definition) is 2. The number of nitrogens with zero attached hydrogens (tertiary/aromatic N) is 2. The monoisotopic (exact) mass is 362 g/mol. The van der Waals surface area contributed by atoms with Crippen molar-refractivity contribution in [3.05, 3.63) is 60.3 Å². The summed E-state index contributed by atoms with van der Waals surface area (Å²) < 4.78 is 6.50. The first kappa shape index (κ1) is 16.4. The fourth-order valence-corrected chi connectivity index (χ4v) is 4.07. The van der Waals surface area contributed by atoms with Crippen molar-refractivity contribution in [3.63, 3.8) is 0 Å². The summed E-state index contributed by atoms with van der Waals surface area (Å²) in [5.74, 6) is 1.12. The zero-order valence-corrected chi connectivity index (χ0v) is 15.3. The van der Waals surface area contributed by atoms with E-state index in [2.05, 4.69) is 40.4 Å². The number of nitrogens with one attached hydrogen (secondary N) is 1. The van der Waals surface area contributed by atoms with E-state index in [0.29, 0.717) is 5.95 Å². The number of anilines is 3. The smallest absolute Gasteiger partial charge is 0.220 e. The summed E-state index contributed by atoms with van der Waals surface area (Å²) in [6, 6.07) is 16.1. The van der Waals surface area contributed by atoms with Gasteiger partial charge in [0, 0.05) is 28.3 Å². The Morgan fingerprint density at radius 3 is 2.73 bits per heavy atom. The van der Waals surface area contributed by atoms with Crippen molar-refractivity contribution < 1.29 is 4.74 Å². The van der Waals surface area contributed by atoms with Gasteiger partial charge in [0.2, 0.25) is 5.95 Å². The number of rotatable bonds is 4. The molecule has 4 rings (SSSR count). The predicted octanol–water partition coefficient (Wildman–Crippen LogP) is 5.00. The van der Waals surface area contributed by atoms with E-state index in [-0.39, 0.29) is 0 Å². The Morgan fingerprint density at radius 2 is 1.92 bits per heavy atom. The predicted molar refractivity (Wildman–Crippen MR) is 108 cm³/mol. The van der Waals surface area contributed by atoms with E-state index >= 15 is 0 Å². The van der Waals surface area contributed by atoms with Crippen LogP contribution in [0.3, 0.4) is 0 Å². The van der Waals surface area contributed by atoms with Gasteiger partial charge in [0.25, 0.3) is 0 Å². The molecule has 6 heteroatoms. The van der Waals surface area contributed by atoms with Crippen LogP contribution in [0.2, 0.25) is 0 Å². The van der Waals surface area contributed by atoms with Crippen molar-refractivity contribution in [1.82, 2.24) is 9.97 Å². The molecule has 0 radical (unpaired) electrons. The molecule has 0 aliphatic rings. The van der Waals surface area contributed by atoms with Crippen LogP contribution in [0, 0.1) is 6.92 Å². The van der Waals surface area contributed by atoms with Gasteiger partial charge in [0.15, 0.2) is 0 Å². The molecule has 0 aliphatic carbocycles. The van der Waals surface area contributed by atoms with E-state index in [4.69, 9.17) is 10.5 Å². The molecule has 0 aliphatic heterocycles. The molecule has 2 aromatic heterocycles. The lowest BCUT2D eigenvalue weighted by Crippen LogP contribution is -1.94. The minimum absolute atomic E-state index is 0.291. The number of hydrogen-bond acceptors (Lipinski definition) is 6. The lowest BCUT2D eigenvalue weighted by molar-refractivity contribution is 0.415. The number of thiophene rings is 1. The van der Waals surface area contributed by atoms with Crippen LogP contribution >= 0.6 is 11.3 Å². The van der Waals surface area contributed by atoms with Gasteiger partial charge >= 0.3 is 0 Å². The molecule has 2 aromatic carbocycles. The molecule has 0 saturated carbocycles. The largest absolute Gasteiger partial charge is 0.497 e. The van der Waals surface area contributed by atoms with Crippen molar-refractivity contribution in [2.45, 2.75) is 6.92 Å². The highest BCUT2D eigenvalue weighted by Crippen LogP contribution is 2.38. The van der Waals surface area contributed by atoms with E-state index in [1.54, 1.807) is 24.6 Å². The first-order valence-corrected chi connectivity index (χ1v) is 8.99. The highest BCUT2D eigenvalue weighted by molar-refractivity contribution is 7.22. The van der Waals surface area contributed by atoms with E-state index in [1.165, 1.54) is 15.6 Å². The Labute approximate surface area is 155 Å². The summed E-state index contributed by atoms with van der Waals surface area (Å²) in [6.45, 7) is 2.11. The maximum atomic E-state index is 5.74. The first-order chi connectivity index (χ1) is 12.6. The van der Waals surface area contributed by atoms with Crippen molar-refractivity contribution >= 4 is 38.7 Å². The van der Waals surface area contributed by atoms with E-state index in [0.717, 1.165) is 27.7 Å². The van der Waals surface area contributed by atoms with Gasteiger partial charge in [0.05, 0.1) is 17.7 Å². The highest BCUT2D eigenvalue weighted by Gasteiger charge is 2.12. The van der Waals surface area contributed by atoms with Crippen LogP contribution in [0.15, 0.2) is 54.7 Å². The molecule has 2 heterocycles. The second-order valence-corrected chi connectivity index (χ2v) is 6.98. The fraction of sp³-hybridized carbons (Fsp3) is 0.100. The third kappa shape index (κ3) is 3.07. The van der Waals surface area contributed by atoms with Crippen LogP contribution < -0.4 is 15.8 Å². The van der Waals surface area contributed by atoms with Crippen LogP contribution in [0.1, 0.15) is 5.56 Å². The standard InChI is InChI=1S/C20H18N4OS/c1-12-16-11-14(23-13-4-3-5-15(10-13)25-2)6-7-18(16)26-19(12)17-8-9-22-20(21)24-17/h3-11,23H,1-2H3,(H2,21,22,24). The molecule has 0 bridgehead atoms. The van der Waals surface area contributed by atoms with Crippen LogP contribution in [-0.4, -0.2) is 17.1 Å². The topological polar surface area (TPSA) is 73.1 Å². The Kier molecular flexibility index (Phi) is 4.18. The van der Waals surface area contributed by atoms with Gasteiger partial charge in [-0.3, -0.25) is 0 Å². The summed E-state index contributed by atoms with van der Waals surface area (Å²) in [4.78, 5) is 9.45. The molecule has 0 spiro atoms. The SMILES string of the molecule is COc1cccc(Nc2ccc3sc(-c4ccnc(N)n4)c(C)c3c2)c1. The molecular weight excluding hydrogens is 344 g/mol. The number of fused-ring (bicyclic) bond motifs is 1. The average molecular weight is 362 g/mol. The minimum atomic E-state index is 0.291. The normalized spacial score (nSPS) is 10.8. The number of aromatic nitrogens is 2. The summed E-state index contributed by atoms with van der Waals surface area (Å²) >= 11 is 1.71. The molecular formula is C20H18N4OS. The summed E-state index contributed by atoms with van der Waals surface area (Å²) in [5.41, 5.74) is 9.80. The fourth-order valence-electron chi connectivity index (χ4n) is 2.91. The summed E-state index contributed by atoms with van der Waals surface area (Å²) in [6.07, 6.45) is 1.69. The molecule has 0 saturated heterocycles. The lowest BCUT2D eigenvalue weighted by Gasteiger charge is -2.08. The van der Waals surface area contributed by atoms with E-state index in [1.807, 2.05) is 30.3 Å². The number of nitrogens with two attached hydrogens (primary N) is 1. The third-order valence-corrected chi connectivity index (χ3v) is 5.50. The zero-order valence-electron chi connectivity index (χ0n) is 14.5. The molecule has 26 heavy (non-hydrogen) atoms. The molecule has 3 N–H and O–H groups in total. The van der Waals surface area contributed by atoms with Gasteiger partial charge in [-0.2, -0.15) is 0 Å². The number of ether oxygens (including phenoxy) is 1. The average Bonchev–Trinajstić information content (AvgIpc) is 2.98. The van der Waals surface area contributed by atoms with Gasteiger partial charge in [0.1, 0.15) is 5.75 Å². The lowest BCUT2D eigenvalue weighted by atomic mass is 10.1. The van der Waals surface area contributed by atoms with E-state index in [9.17, 15) is 0 Å². The number of nitrogen functional groups attached to an aromatic ring is 1. The Balaban J connectivity index is 1.72. The van der Waals surface area contributed by atoms with Crippen LogP contribution in [0.25, 0.3) is 20.7 Å². The van der Waals surface area contributed by atoms with Gasteiger partial charge in [-0.25, -0.2) is 9.97 Å². The first-order valence-electron chi connectivity index (χ1n) is 8.17. The summed E-state index contributed by atoms with van der Waals surface area (Å²) in [5, 5.41) is 4.64. The van der Waals surface area contributed by atoms with Crippen LogP contribution in [-0.2, 0) is 0 Å². The van der Waals surface area contributed by atoms with Gasteiger partial charge in [-0.1, -0.05) is 6.07 Å². The number of benzene rings is 2. The van der Waals surface area contributed by atoms with E-state index < -0.39 is 0 Å². The molecule has 5 nitrogen and oxygen atoms in total. The molecule has 0 amide bonds. The molecule has 4 aromatic rings. The maximum absolute atomic E-state index is 5.74. The second-order valence-electron chi connectivity index (χ2n) is 5.92. The molecule has 0 fully saturated rings. The minimum Gasteiger partial charge on any atom is -0.497 e. The van der Waals surface area contributed by atoms with Crippen LogP contribution in [0.4, 0.5) is 17.3 Å². The van der Waals surface area contributed by atoms with Crippen LogP contribution in [0.5, 0.6) is 5.75 Å². The van der Waals surface area contributed by atoms with Gasteiger partial charge in [-0.05, 0) is 54.3 Å². The molecule has 130 valence electrons. The number of aryl methyl sites for hydroxylation is 1. The zero-order chi connectivity index (χ0) is 18.1. The third-order valence-electron chi connectivity index (χ3n) is 4.20. The number of methoxy groups -OCH3 is 1. The molecule has 0 atom stereocenters. The Hall–Kier alpha value is -3.12. The van der Waals surface area contributed by atoms with Crippen molar-refractivity contribution in [3.8, 4) is 16.3 Å². The quantitative estimate of drug-likeness (QED) is 0.534. The Bertz CT molecular complexity index is 1090. The van der Waals surface area contributed by atoms with Crippen molar-refractivity contribution in [2.24, 2.45) is 0 Å². The van der Waals surface area contributed by atoms with Gasteiger partial charge < -0.3 is 15.8 Å². The van der Waals surface area contributed by atoms with Gasteiger partial charge in [-0.15, -0.1) is 11.3 Å². The maximum Gasteiger partial charge on any atom is 0.220 e. The highest BCUT2D eigenvalue weighted by atomic mass is 32.1. The second kappa shape index (κ2) is 6.65. The van der Waals surface area contributed by atoms with Crippen molar-refractivity contribution in [2.75, 3.05) is 18.2 Å². The summed E-state index contributed by atoms with van der Waals surface area (Å²) in [7, 11) is 1.67. The van der Waals surface area contributed by atoms with Crippen molar-refractivity contribution in [1.29, 1.82) is 0 Å². The molecule has 0 unspecified atom stereocenters.